The summed E-state index contributed by atoms with van der Waals surface area (Å²) in [7, 11) is 0. The number of ether oxygens (including phenoxy) is 1. The van der Waals surface area contributed by atoms with Crippen LogP contribution in [0, 0.1) is 0 Å². The smallest absolute Gasteiger partial charge is 0.410 e. The third-order valence-corrected chi connectivity index (χ3v) is 4.25. The van der Waals surface area contributed by atoms with Gasteiger partial charge in [-0.2, -0.15) is 0 Å². The van der Waals surface area contributed by atoms with Gasteiger partial charge >= 0.3 is 6.09 Å². The van der Waals surface area contributed by atoms with Crippen LogP contribution in [0.2, 0.25) is 0 Å². The van der Waals surface area contributed by atoms with E-state index in [1.807, 2.05) is 37.6 Å². The maximum atomic E-state index is 12.1. The lowest BCUT2D eigenvalue weighted by molar-refractivity contribution is 0.107. The van der Waals surface area contributed by atoms with Gasteiger partial charge in [-0.05, 0) is 24.1 Å². The fraction of sp³-hybridized carbons (Fsp3) is 0.562. The summed E-state index contributed by atoms with van der Waals surface area (Å²) in [6.07, 6.45) is 4.82. The summed E-state index contributed by atoms with van der Waals surface area (Å²) in [6, 6.07) is 4.01. The van der Waals surface area contributed by atoms with Crippen molar-refractivity contribution in [2.24, 2.45) is 5.73 Å². The number of allylic oxidation sites excluding steroid dienone is 1. The molecule has 126 valence electrons. The first kappa shape index (κ1) is 21.0. The number of thiophene rings is 1. The van der Waals surface area contributed by atoms with Crippen LogP contribution < -0.4 is 5.73 Å². The van der Waals surface area contributed by atoms with Gasteiger partial charge < -0.3 is 10.5 Å². The summed E-state index contributed by atoms with van der Waals surface area (Å²) >= 11 is 3.31. The molecule has 1 rings (SSSR count). The molecule has 6 heteroatoms. The van der Waals surface area contributed by atoms with Gasteiger partial charge in [0.1, 0.15) is 6.61 Å². The summed E-state index contributed by atoms with van der Waals surface area (Å²) in [5, 5.41) is 2.01. The SMILES string of the molecule is CC.CC/C=C(/CN(Cc1cccs1)C(=O)OCCN)SC. The molecule has 0 aliphatic rings. The average Bonchev–Trinajstić information content (AvgIpc) is 3.06. The van der Waals surface area contributed by atoms with Crippen molar-refractivity contribution in [2.45, 2.75) is 33.7 Å². The molecule has 0 saturated heterocycles. The Bertz CT molecular complexity index is 420. The fourth-order valence-electron chi connectivity index (χ4n) is 1.64. The molecule has 22 heavy (non-hydrogen) atoms. The molecule has 1 aromatic rings. The van der Waals surface area contributed by atoms with E-state index in [2.05, 4.69) is 13.0 Å². The molecule has 0 bridgehead atoms. The Balaban J connectivity index is 0.00000211. The molecular weight excluding hydrogens is 316 g/mol. The summed E-state index contributed by atoms with van der Waals surface area (Å²) < 4.78 is 5.16. The lowest BCUT2D eigenvalue weighted by Gasteiger charge is -2.22. The molecule has 0 aromatic carbocycles. The van der Waals surface area contributed by atoms with E-state index in [1.54, 1.807) is 28.0 Å². The second-order valence-corrected chi connectivity index (χ2v) is 6.09. The molecule has 0 fully saturated rings. The van der Waals surface area contributed by atoms with Crippen LogP contribution in [0.25, 0.3) is 0 Å². The molecule has 1 amide bonds. The number of nitrogens with zero attached hydrogens (tertiary/aromatic N) is 1. The number of carbonyl (C=O) groups is 1. The Morgan fingerprint density at radius 1 is 1.50 bits per heavy atom. The van der Waals surface area contributed by atoms with Crippen molar-refractivity contribution in [3.8, 4) is 0 Å². The standard InChI is InChI=1S/C14H22N2O2S2.C2H6/c1-3-5-12(19-2)10-16(14(17)18-8-7-15)11-13-6-4-9-20-13;1-2/h4-6,9H,3,7-8,10-11,15H2,1-2H3;1-2H3/b12-5-;. The Kier molecular flexibility index (Phi) is 13.1. The van der Waals surface area contributed by atoms with Crippen molar-refractivity contribution >= 4 is 29.2 Å². The van der Waals surface area contributed by atoms with Gasteiger partial charge in [0.2, 0.25) is 0 Å². The Labute approximate surface area is 142 Å². The van der Waals surface area contributed by atoms with E-state index >= 15 is 0 Å². The van der Waals surface area contributed by atoms with E-state index in [0.717, 1.165) is 11.3 Å². The zero-order chi connectivity index (χ0) is 16.8. The van der Waals surface area contributed by atoms with Crippen LogP contribution in [-0.4, -0.2) is 36.9 Å². The highest BCUT2D eigenvalue weighted by molar-refractivity contribution is 8.02. The normalized spacial score (nSPS) is 10.7. The zero-order valence-electron chi connectivity index (χ0n) is 14.0. The first-order valence-corrected chi connectivity index (χ1v) is 9.68. The maximum absolute atomic E-state index is 12.1. The summed E-state index contributed by atoms with van der Waals surface area (Å²) in [5.41, 5.74) is 5.38. The van der Waals surface area contributed by atoms with Crippen LogP contribution in [0.3, 0.4) is 0 Å². The van der Waals surface area contributed by atoms with Crippen molar-refractivity contribution in [3.05, 3.63) is 33.4 Å². The van der Waals surface area contributed by atoms with Crippen LogP contribution in [-0.2, 0) is 11.3 Å². The van der Waals surface area contributed by atoms with Crippen LogP contribution in [0.4, 0.5) is 4.79 Å². The molecule has 0 spiro atoms. The molecule has 0 radical (unpaired) electrons. The molecular formula is C16H28N2O2S2. The molecule has 2 N–H and O–H groups in total. The number of thioether (sulfide) groups is 1. The van der Waals surface area contributed by atoms with Gasteiger partial charge in [0.05, 0.1) is 13.1 Å². The van der Waals surface area contributed by atoms with Crippen molar-refractivity contribution < 1.29 is 9.53 Å². The van der Waals surface area contributed by atoms with E-state index in [0.29, 0.717) is 19.6 Å². The van der Waals surface area contributed by atoms with Crippen molar-refractivity contribution in [3.63, 3.8) is 0 Å². The number of amides is 1. The summed E-state index contributed by atoms with van der Waals surface area (Å²) in [5.74, 6) is 0. The van der Waals surface area contributed by atoms with Crippen LogP contribution in [0.15, 0.2) is 28.5 Å². The minimum Gasteiger partial charge on any atom is -0.448 e. The minimum atomic E-state index is -0.306. The highest BCUT2D eigenvalue weighted by atomic mass is 32.2. The van der Waals surface area contributed by atoms with Crippen LogP contribution in [0.1, 0.15) is 32.1 Å². The topological polar surface area (TPSA) is 55.6 Å². The van der Waals surface area contributed by atoms with Crippen molar-refractivity contribution in [1.29, 1.82) is 0 Å². The van der Waals surface area contributed by atoms with Gasteiger partial charge in [0.15, 0.2) is 0 Å². The molecule has 0 saturated carbocycles. The first-order valence-electron chi connectivity index (χ1n) is 7.58. The van der Waals surface area contributed by atoms with Crippen molar-refractivity contribution in [1.82, 2.24) is 4.90 Å². The van der Waals surface area contributed by atoms with Gasteiger partial charge in [0.25, 0.3) is 0 Å². The fourth-order valence-corrected chi connectivity index (χ4v) is 2.98. The highest BCUT2D eigenvalue weighted by Crippen LogP contribution is 2.18. The lowest BCUT2D eigenvalue weighted by Crippen LogP contribution is -2.33. The number of carbonyl (C=O) groups excluding carboxylic acids is 1. The molecule has 4 nitrogen and oxygen atoms in total. The van der Waals surface area contributed by atoms with Gasteiger partial charge in [-0.15, -0.1) is 23.1 Å². The summed E-state index contributed by atoms with van der Waals surface area (Å²) in [4.78, 5) is 16.1. The molecule has 0 aliphatic heterocycles. The molecule has 0 atom stereocenters. The predicted molar refractivity (Wildman–Crippen MR) is 98.4 cm³/mol. The second kappa shape index (κ2) is 13.7. The predicted octanol–water partition coefficient (Wildman–Crippen LogP) is 4.33. The number of hydrogen-bond acceptors (Lipinski definition) is 5. The van der Waals surface area contributed by atoms with Crippen LogP contribution in [0.5, 0.6) is 0 Å². The molecule has 1 heterocycles. The van der Waals surface area contributed by atoms with Gasteiger partial charge in [-0.3, -0.25) is 4.90 Å². The Hall–Kier alpha value is -0.980. The number of nitrogens with two attached hydrogens (primary N) is 1. The summed E-state index contributed by atoms with van der Waals surface area (Å²) in [6.45, 7) is 7.84. The van der Waals surface area contributed by atoms with E-state index < -0.39 is 0 Å². The quantitative estimate of drug-likeness (QED) is 0.762. The van der Waals surface area contributed by atoms with E-state index in [-0.39, 0.29) is 12.7 Å². The Morgan fingerprint density at radius 3 is 2.73 bits per heavy atom. The van der Waals surface area contributed by atoms with Gasteiger partial charge in [-0.1, -0.05) is 32.9 Å². The maximum Gasteiger partial charge on any atom is 0.410 e. The largest absolute Gasteiger partial charge is 0.448 e. The zero-order valence-corrected chi connectivity index (χ0v) is 15.6. The third kappa shape index (κ3) is 8.46. The monoisotopic (exact) mass is 344 g/mol. The van der Waals surface area contributed by atoms with E-state index in [1.165, 1.54) is 4.91 Å². The second-order valence-electron chi connectivity index (χ2n) is 4.12. The molecule has 0 unspecified atom stereocenters. The number of hydrogen-bond donors (Lipinski definition) is 1. The molecule has 0 aliphatic carbocycles. The first-order chi connectivity index (χ1) is 10.7. The average molecular weight is 345 g/mol. The number of rotatable bonds is 8. The van der Waals surface area contributed by atoms with Gasteiger partial charge in [-0.25, -0.2) is 4.79 Å². The van der Waals surface area contributed by atoms with Crippen molar-refractivity contribution in [2.75, 3.05) is 26.0 Å². The molecule has 1 aromatic heterocycles. The van der Waals surface area contributed by atoms with Gasteiger partial charge in [0, 0.05) is 16.3 Å². The Morgan fingerprint density at radius 2 is 2.23 bits per heavy atom. The van der Waals surface area contributed by atoms with E-state index in [9.17, 15) is 4.79 Å². The highest BCUT2D eigenvalue weighted by Gasteiger charge is 2.17. The van der Waals surface area contributed by atoms with E-state index in [4.69, 9.17) is 10.5 Å². The third-order valence-electron chi connectivity index (χ3n) is 2.57. The lowest BCUT2D eigenvalue weighted by atomic mass is 10.3. The minimum absolute atomic E-state index is 0.256. The van der Waals surface area contributed by atoms with Crippen LogP contribution >= 0.6 is 23.1 Å².